The second kappa shape index (κ2) is 4.99. The maximum atomic E-state index is 10.3. The number of phenolic OH excluding ortho intramolecular Hbond substituents is 1. The number of hydrogen-bond acceptors (Lipinski definition) is 3. The van der Waals surface area contributed by atoms with E-state index in [9.17, 15) is 5.11 Å². The fourth-order valence-electron chi connectivity index (χ4n) is 3.24. The molecule has 0 unspecified atom stereocenters. The van der Waals surface area contributed by atoms with Crippen molar-refractivity contribution in [3.05, 3.63) is 29.8 Å². The van der Waals surface area contributed by atoms with Gasteiger partial charge in [0.05, 0.1) is 0 Å². The minimum Gasteiger partial charge on any atom is -0.507 e. The number of anilines is 2. The van der Waals surface area contributed by atoms with Crippen LogP contribution in [-0.4, -0.2) is 38.2 Å². The Morgan fingerprint density at radius 3 is 2.62 bits per heavy atom. The number of nitrogens with zero attached hydrogens (tertiary/aromatic N) is 2. The summed E-state index contributed by atoms with van der Waals surface area (Å²) in [4.78, 5) is 4.26. The fourth-order valence-corrected chi connectivity index (χ4v) is 3.45. The van der Waals surface area contributed by atoms with E-state index in [2.05, 4.69) is 22.9 Å². The lowest BCUT2D eigenvalue weighted by Gasteiger charge is -2.18. The van der Waals surface area contributed by atoms with Crippen LogP contribution in [0.4, 0.5) is 11.4 Å². The van der Waals surface area contributed by atoms with Gasteiger partial charge in [-0.15, -0.1) is 11.6 Å². The first-order valence-corrected chi connectivity index (χ1v) is 7.66. The minimum absolute atomic E-state index is 0.0597. The average molecular weight is 305 g/mol. The lowest BCUT2D eigenvalue weighted by atomic mass is 9.92. The van der Waals surface area contributed by atoms with Crippen molar-refractivity contribution in [1.29, 1.82) is 0 Å². The van der Waals surface area contributed by atoms with Crippen LogP contribution in [0.1, 0.15) is 18.4 Å². The maximum Gasteiger partial charge on any atom is 0.125 e. The van der Waals surface area contributed by atoms with E-state index in [1.54, 1.807) is 0 Å². The summed E-state index contributed by atoms with van der Waals surface area (Å²) < 4.78 is 0. The van der Waals surface area contributed by atoms with Gasteiger partial charge in [-0.3, -0.25) is 0 Å². The summed E-state index contributed by atoms with van der Waals surface area (Å²) in [5, 5.41) is 12.4. The van der Waals surface area contributed by atoms with Gasteiger partial charge in [0.2, 0.25) is 0 Å². The van der Waals surface area contributed by atoms with Gasteiger partial charge in [-0.05, 0) is 36.1 Å². The lowest BCUT2D eigenvalue weighted by Crippen LogP contribution is -2.19. The molecule has 2 aromatic rings. The molecule has 1 aliphatic heterocycles. The number of halogens is 1. The zero-order valence-corrected chi connectivity index (χ0v) is 13.6. The standard InChI is InChI=1S/C17H21ClN2O/c1-10(18)14-9-20(4)15-8-16(21)12-6-5-11(19(2)3)7-13(12)17(14)15/h5-8,10,14,21H,9H2,1-4H3/t10-,14+/m1/s1. The fraction of sp³-hybridized carbons (Fsp3) is 0.412. The highest BCUT2D eigenvalue weighted by Gasteiger charge is 2.32. The van der Waals surface area contributed by atoms with E-state index in [-0.39, 0.29) is 11.3 Å². The SMILES string of the molecule is C[C@@H](Cl)[C@@H]1CN(C)c2cc(O)c3ccc(N(C)C)cc3c21. The molecule has 0 aromatic heterocycles. The maximum absolute atomic E-state index is 10.3. The number of rotatable bonds is 2. The van der Waals surface area contributed by atoms with E-state index in [0.717, 1.165) is 28.7 Å². The lowest BCUT2D eigenvalue weighted by molar-refractivity contribution is 0.481. The third-order valence-electron chi connectivity index (χ3n) is 4.44. The molecule has 0 amide bonds. The highest BCUT2D eigenvalue weighted by atomic mass is 35.5. The van der Waals surface area contributed by atoms with Gasteiger partial charge in [-0.1, -0.05) is 0 Å². The summed E-state index contributed by atoms with van der Waals surface area (Å²) >= 11 is 6.42. The van der Waals surface area contributed by atoms with Gasteiger partial charge in [-0.2, -0.15) is 0 Å². The van der Waals surface area contributed by atoms with Crippen molar-refractivity contribution in [1.82, 2.24) is 0 Å². The molecule has 0 spiro atoms. The largest absolute Gasteiger partial charge is 0.507 e. The van der Waals surface area contributed by atoms with Crippen LogP contribution in [0, 0.1) is 0 Å². The third-order valence-corrected chi connectivity index (χ3v) is 4.75. The number of likely N-dealkylation sites (N-methyl/N-ethyl adjacent to an activating group) is 1. The zero-order valence-electron chi connectivity index (χ0n) is 12.9. The molecule has 21 heavy (non-hydrogen) atoms. The summed E-state index contributed by atoms with van der Waals surface area (Å²) in [6.45, 7) is 2.94. The van der Waals surface area contributed by atoms with E-state index < -0.39 is 0 Å². The van der Waals surface area contributed by atoms with Crippen molar-refractivity contribution < 1.29 is 5.11 Å². The molecule has 0 aliphatic carbocycles. The van der Waals surface area contributed by atoms with Gasteiger partial charge in [0.1, 0.15) is 5.75 Å². The quantitative estimate of drug-likeness (QED) is 0.856. The molecule has 1 heterocycles. The summed E-state index contributed by atoms with van der Waals surface area (Å²) in [5.74, 6) is 0.621. The van der Waals surface area contributed by atoms with E-state index in [4.69, 9.17) is 11.6 Å². The van der Waals surface area contributed by atoms with E-state index >= 15 is 0 Å². The molecule has 1 N–H and O–H groups in total. The predicted molar refractivity (Wildman–Crippen MR) is 91.3 cm³/mol. The van der Waals surface area contributed by atoms with Crippen LogP contribution in [0.2, 0.25) is 0 Å². The molecule has 1 aliphatic rings. The topological polar surface area (TPSA) is 26.7 Å². The molecule has 2 aromatic carbocycles. The Morgan fingerprint density at radius 1 is 1.29 bits per heavy atom. The van der Waals surface area contributed by atoms with Crippen molar-refractivity contribution in [2.45, 2.75) is 18.2 Å². The van der Waals surface area contributed by atoms with E-state index in [0.29, 0.717) is 5.75 Å². The van der Waals surface area contributed by atoms with Crippen LogP contribution in [-0.2, 0) is 0 Å². The first kappa shape index (κ1) is 14.3. The predicted octanol–water partition coefficient (Wildman–Crippen LogP) is 3.77. The second-order valence-electron chi connectivity index (χ2n) is 6.12. The van der Waals surface area contributed by atoms with E-state index in [1.165, 1.54) is 5.56 Å². The van der Waals surface area contributed by atoms with Crippen molar-refractivity contribution >= 4 is 33.7 Å². The van der Waals surface area contributed by atoms with Gasteiger partial charge >= 0.3 is 0 Å². The van der Waals surface area contributed by atoms with Gasteiger partial charge < -0.3 is 14.9 Å². The molecule has 2 atom stereocenters. The number of fused-ring (bicyclic) bond motifs is 3. The first-order chi connectivity index (χ1) is 9.90. The van der Waals surface area contributed by atoms with Crippen molar-refractivity contribution in [2.24, 2.45) is 0 Å². The first-order valence-electron chi connectivity index (χ1n) is 7.22. The number of alkyl halides is 1. The number of phenols is 1. The smallest absolute Gasteiger partial charge is 0.125 e. The molecule has 0 saturated heterocycles. The van der Waals surface area contributed by atoms with Gasteiger partial charge in [0.15, 0.2) is 0 Å². The third kappa shape index (κ3) is 2.20. The number of hydrogen-bond donors (Lipinski definition) is 1. The van der Waals surface area contributed by atoms with Gasteiger partial charge in [0.25, 0.3) is 0 Å². The van der Waals surface area contributed by atoms with Crippen LogP contribution < -0.4 is 9.80 Å². The van der Waals surface area contributed by atoms with Crippen molar-refractivity contribution in [3.8, 4) is 5.75 Å². The molecule has 0 fully saturated rings. The van der Waals surface area contributed by atoms with Crippen molar-refractivity contribution in [3.63, 3.8) is 0 Å². The summed E-state index contributed by atoms with van der Waals surface area (Å²) in [6.07, 6.45) is 0. The Kier molecular flexibility index (Phi) is 3.40. The van der Waals surface area contributed by atoms with Crippen LogP contribution in [0.15, 0.2) is 24.3 Å². The Labute approximate surface area is 130 Å². The Hall–Kier alpha value is -1.61. The van der Waals surface area contributed by atoms with Gasteiger partial charge in [-0.25, -0.2) is 0 Å². The zero-order chi connectivity index (χ0) is 15.3. The molecule has 112 valence electrons. The molecule has 3 rings (SSSR count). The van der Waals surface area contributed by atoms with Crippen LogP contribution in [0.25, 0.3) is 10.8 Å². The molecule has 4 heteroatoms. The minimum atomic E-state index is 0.0597. The molecule has 0 radical (unpaired) electrons. The molecule has 0 saturated carbocycles. The highest BCUT2D eigenvalue weighted by molar-refractivity contribution is 6.21. The molecular weight excluding hydrogens is 284 g/mol. The monoisotopic (exact) mass is 304 g/mol. The van der Waals surface area contributed by atoms with Crippen LogP contribution in [0.5, 0.6) is 5.75 Å². The molecule has 0 bridgehead atoms. The molecule has 3 nitrogen and oxygen atoms in total. The molecular formula is C17H21ClN2O. The normalized spacial score (nSPS) is 18.9. The Morgan fingerprint density at radius 2 is 2.00 bits per heavy atom. The second-order valence-corrected chi connectivity index (χ2v) is 6.81. The van der Waals surface area contributed by atoms with Crippen LogP contribution >= 0.6 is 11.6 Å². The summed E-state index contributed by atoms with van der Waals surface area (Å²) in [6, 6.07) is 8.05. The van der Waals surface area contributed by atoms with Gasteiger partial charge in [0, 0.05) is 61.8 Å². The summed E-state index contributed by atoms with van der Waals surface area (Å²) in [7, 11) is 6.11. The Balaban J connectivity index is 2.34. The van der Waals surface area contributed by atoms with Crippen LogP contribution in [0.3, 0.4) is 0 Å². The number of benzene rings is 2. The summed E-state index contributed by atoms with van der Waals surface area (Å²) in [5.41, 5.74) is 3.48. The Bertz CT molecular complexity index is 697. The van der Waals surface area contributed by atoms with Crippen molar-refractivity contribution in [2.75, 3.05) is 37.5 Å². The number of aromatic hydroxyl groups is 1. The average Bonchev–Trinajstić information content (AvgIpc) is 2.76. The van der Waals surface area contributed by atoms with E-state index in [1.807, 2.05) is 39.2 Å². The highest BCUT2D eigenvalue weighted by Crippen LogP contribution is 2.46.